The summed E-state index contributed by atoms with van der Waals surface area (Å²) in [6.07, 6.45) is 1.94. The van der Waals surface area contributed by atoms with E-state index in [1.54, 1.807) is 6.07 Å². The number of rotatable bonds is 6. The number of halogens is 3. The number of hydrogen-bond donors (Lipinski definition) is 1. The molecule has 1 N–H and O–H groups in total. The highest BCUT2D eigenvalue weighted by Gasteiger charge is 2.07. The van der Waals surface area contributed by atoms with E-state index in [4.69, 9.17) is 16.3 Å². The predicted octanol–water partition coefficient (Wildman–Crippen LogP) is 4.33. The third-order valence-corrected chi connectivity index (χ3v) is 3.97. The van der Waals surface area contributed by atoms with Gasteiger partial charge in [-0.3, -0.25) is 4.79 Å². The predicted molar refractivity (Wildman–Crippen MR) is 96.2 cm³/mol. The van der Waals surface area contributed by atoms with Gasteiger partial charge in [0.1, 0.15) is 11.6 Å². The smallest absolute Gasteiger partial charge is 0.277 e. The lowest BCUT2D eigenvalue weighted by atomic mass is 10.1. The Morgan fingerprint density at radius 3 is 2.92 bits per heavy atom. The van der Waals surface area contributed by atoms with Crippen molar-refractivity contribution in [1.29, 1.82) is 0 Å². The van der Waals surface area contributed by atoms with E-state index >= 15 is 0 Å². The van der Waals surface area contributed by atoms with Crippen LogP contribution in [0.1, 0.15) is 18.1 Å². The highest BCUT2D eigenvalue weighted by Crippen LogP contribution is 2.23. The molecule has 4 nitrogen and oxygen atoms in total. The van der Waals surface area contributed by atoms with Crippen molar-refractivity contribution in [1.82, 2.24) is 5.43 Å². The van der Waals surface area contributed by atoms with Gasteiger partial charge >= 0.3 is 0 Å². The van der Waals surface area contributed by atoms with E-state index < -0.39 is 11.7 Å². The van der Waals surface area contributed by atoms with Crippen LogP contribution < -0.4 is 10.2 Å². The second-order valence-corrected chi connectivity index (χ2v) is 6.15. The highest BCUT2D eigenvalue weighted by molar-refractivity contribution is 9.10. The van der Waals surface area contributed by atoms with Crippen molar-refractivity contribution < 1.29 is 13.9 Å². The van der Waals surface area contributed by atoms with E-state index in [9.17, 15) is 9.18 Å². The second kappa shape index (κ2) is 8.80. The van der Waals surface area contributed by atoms with Gasteiger partial charge in [-0.05, 0) is 42.3 Å². The van der Waals surface area contributed by atoms with Crippen LogP contribution in [0.5, 0.6) is 5.75 Å². The third kappa shape index (κ3) is 5.04. The number of nitrogens with zero attached hydrogens (tertiary/aromatic N) is 1. The molecule has 0 bridgehead atoms. The van der Waals surface area contributed by atoms with Crippen molar-refractivity contribution in [3.05, 3.63) is 62.8 Å². The summed E-state index contributed by atoms with van der Waals surface area (Å²) in [7, 11) is 0. The minimum atomic E-state index is -0.515. The van der Waals surface area contributed by atoms with Crippen LogP contribution in [0, 0.1) is 5.82 Å². The van der Waals surface area contributed by atoms with Gasteiger partial charge in [0, 0.05) is 10.0 Å². The number of nitrogens with one attached hydrogen (secondary N) is 1. The first-order valence-electron chi connectivity index (χ1n) is 7.18. The van der Waals surface area contributed by atoms with Crippen LogP contribution in [0.3, 0.4) is 0 Å². The first-order chi connectivity index (χ1) is 11.5. The molecular weight excluding hydrogens is 399 g/mol. The van der Waals surface area contributed by atoms with Crippen molar-refractivity contribution in [3.8, 4) is 5.75 Å². The molecule has 0 fully saturated rings. The Kier molecular flexibility index (Phi) is 6.75. The largest absolute Gasteiger partial charge is 0.483 e. The Morgan fingerprint density at radius 2 is 2.21 bits per heavy atom. The summed E-state index contributed by atoms with van der Waals surface area (Å²) in [5.74, 6) is -0.333. The lowest BCUT2D eigenvalue weighted by molar-refractivity contribution is -0.123. The minimum Gasteiger partial charge on any atom is -0.483 e. The molecule has 0 spiro atoms. The topological polar surface area (TPSA) is 50.7 Å². The number of hydrazone groups is 1. The van der Waals surface area contributed by atoms with E-state index in [1.165, 1.54) is 18.2 Å². The Morgan fingerprint density at radius 1 is 1.42 bits per heavy atom. The molecular formula is C17H15BrClFN2O2. The average Bonchev–Trinajstić information content (AvgIpc) is 2.56. The number of hydrogen-bond acceptors (Lipinski definition) is 3. The molecule has 0 saturated carbocycles. The third-order valence-electron chi connectivity index (χ3n) is 3.14. The maximum atomic E-state index is 13.5. The molecule has 0 aliphatic rings. The van der Waals surface area contributed by atoms with Gasteiger partial charge in [0.05, 0.1) is 11.2 Å². The summed E-state index contributed by atoms with van der Waals surface area (Å²) < 4.78 is 20.0. The summed E-state index contributed by atoms with van der Waals surface area (Å²) in [5.41, 5.74) is 3.37. The fraction of sp³-hybridized carbons (Fsp3) is 0.176. The molecule has 2 aromatic rings. The SMILES string of the molecule is CCc1cc(Br)ccc1OCC(=O)N/N=C/c1c(F)cccc1Cl. The quantitative estimate of drug-likeness (QED) is 0.566. The minimum absolute atomic E-state index is 0.113. The molecule has 0 aromatic heterocycles. The zero-order chi connectivity index (χ0) is 17.5. The zero-order valence-electron chi connectivity index (χ0n) is 12.9. The number of carbonyl (C=O) groups is 1. The fourth-order valence-electron chi connectivity index (χ4n) is 1.94. The molecule has 0 heterocycles. The Hall–Kier alpha value is -1.92. The Labute approximate surface area is 152 Å². The van der Waals surface area contributed by atoms with Crippen LogP contribution in [0.2, 0.25) is 5.02 Å². The first kappa shape index (κ1) is 18.4. The van der Waals surface area contributed by atoms with Crippen molar-refractivity contribution in [2.24, 2.45) is 5.10 Å². The Balaban J connectivity index is 1.91. The number of aryl methyl sites for hydroxylation is 1. The summed E-state index contributed by atoms with van der Waals surface area (Å²) in [6, 6.07) is 9.86. The molecule has 0 atom stereocenters. The summed E-state index contributed by atoms with van der Waals surface area (Å²) in [6.45, 7) is 1.80. The van der Waals surface area contributed by atoms with E-state index in [1.807, 2.05) is 19.1 Å². The van der Waals surface area contributed by atoms with Gasteiger partial charge in [-0.25, -0.2) is 9.82 Å². The van der Waals surface area contributed by atoms with Crippen LogP contribution >= 0.6 is 27.5 Å². The molecule has 0 saturated heterocycles. The summed E-state index contributed by atoms with van der Waals surface area (Å²) in [4.78, 5) is 11.8. The molecule has 0 aliphatic heterocycles. The molecule has 126 valence electrons. The van der Waals surface area contributed by atoms with Crippen LogP contribution in [0.25, 0.3) is 0 Å². The molecule has 7 heteroatoms. The van der Waals surface area contributed by atoms with E-state index in [2.05, 4.69) is 26.5 Å². The number of benzene rings is 2. The van der Waals surface area contributed by atoms with Gasteiger partial charge in [0.2, 0.25) is 0 Å². The maximum absolute atomic E-state index is 13.5. The number of ether oxygens (including phenoxy) is 1. The van der Waals surface area contributed by atoms with Gasteiger partial charge in [0.15, 0.2) is 6.61 Å². The molecule has 1 amide bonds. The van der Waals surface area contributed by atoms with Gasteiger partial charge in [-0.1, -0.05) is 40.5 Å². The van der Waals surface area contributed by atoms with E-state index in [0.29, 0.717) is 5.75 Å². The van der Waals surface area contributed by atoms with Crippen LogP contribution in [-0.2, 0) is 11.2 Å². The normalized spacial score (nSPS) is 10.8. The van der Waals surface area contributed by atoms with Gasteiger partial charge < -0.3 is 4.74 Å². The average molecular weight is 414 g/mol. The van der Waals surface area contributed by atoms with E-state index in [0.717, 1.165) is 22.7 Å². The van der Waals surface area contributed by atoms with Gasteiger partial charge in [-0.15, -0.1) is 0 Å². The molecule has 2 aromatic carbocycles. The molecule has 0 radical (unpaired) electrons. The highest BCUT2D eigenvalue weighted by atomic mass is 79.9. The van der Waals surface area contributed by atoms with E-state index in [-0.39, 0.29) is 17.2 Å². The van der Waals surface area contributed by atoms with Crippen molar-refractivity contribution >= 4 is 39.7 Å². The lowest BCUT2D eigenvalue weighted by Crippen LogP contribution is -2.24. The van der Waals surface area contributed by atoms with Crippen molar-refractivity contribution in [2.45, 2.75) is 13.3 Å². The number of amides is 1. The first-order valence-corrected chi connectivity index (χ1v) is 8.35. The van der Waals surface area contributed by atoms with Crippen molar-refractivity contribution in [2.75, 3.05) is 6.61 Å². The van der Waals surface area contributed by atoms with Crippen LogP contribution in [0.15, 0.2) is 46.0 Å². The lowest BCUT2D eigenvalue weighted by Gasteiger charge is -2.10. The number of carbonyl (C=O) groups excluding carboxylic acids is 1. The van der Waals surface area contributed by atoms with Gasteiger partial charge in [0.25, 0.3) is 5.91 Å². The van der Waals surface area contributed by atoms with Crippen LogP contribution in [0.4, 0.5) is 4.39 Å². The standard InChI is InChI=1S/C17H15BrClFN2O2/c1-2-11-8-12(18)6-7-16(11)24-10-17(23)22-21-9-13-14(19)4-3-5-15(13)20/h3-9H,2,10H2,1H3,(H,22,23)/b21-9+. The molecule has 24 heavy (non-hydrogen) atoms. The Bertz CT molecular complexity index is 748. The second-order valence-electron chi connectivity index (χ2n) is 4.82. The zero-order valence-corrected chi connectivity index (χ0v) is 15.2. The summed E-state index contributed by atoms with van der Waals surface area (Å²) >= 11 is 9.25. The molecule has 0 aliphatic carbocycles. The summed E-state index contributed by atoms with van der Waals surface area (Å²) in [5, 5.41) is 3.91. The molecule has 2 rings (SSSR count). The van der Waals surface area contributed by atoms with Crippen LogP contribution in [-0.4, -0.2) is 18.7 Å². The fourth-order valence-corrected chi connectivity index (χ4v) is 2.56. The monoisotopic (exact) mass is 412 g/mol. The maximum Gasteiger partial charge on any atom is 0.277 e. The van der Waals surface area contributed by atoms with Crippen molar-refractivity contribution in [3.63, 3.8) is 0 Å². The van der Waals surface area contributed by atoms with Gasteiger partial charge in [-0.2, -0.15) is 5.10 Å². The molecule has 0 unspecified atom stereocenters.